The minimum atomic E-state index is -3.03. The Balaban J connectivity index is 0.00000157. The molecule has 1 N–H and O–H groups in total. The van der Waals surface area contributed by atoms with Crippen molar-refractivity contribution >= 4 is 12.4 Å². The molecule has 222 valence electrons. The Labute approximate surface area is 248 Å². The molecule has 0 radical (unpaired) electrons. The van der Waals surface area contributed by atoms with Crippen molar-refractivity contribution in [3.8, 4) is 12.3 Å². The number of piperidine rings is 1. The average Bonchev–Trinajstić information content (AvgIpc) is 2.97. The first-order chi connectivity index (χ1) is 19.4. The van der Waals surface area contributed by atoms with Crippen molar-refractivity contribution in [2.75, 3.05) is 25.5 Å². The molecular weight excluding hydrogens is 512 g/mol. The Morgan fingerprint density at radius 2 is 1.68 bits per heavy atom. The van der Waals surface area contributed by atoms with Crippen LogP contribution in [0.25, 0.3) is 0 Å². The van der Waals surface area contributed by atoms with Crippen LogP contribution in [0.2, 0.25) is 0 Å². The van der Waals surface area contributed by atoms with E-state index in [0.29, 0.717) is 11.6 Å². The van der Waals surface area contributed by atoms with Gasteiger partial charge >= 0.3 is 0 Å². The lowest BCUT2D eigenvalue weighted by Gasteiger charge is -2.45. The molecule has 1 atom stereocenters. The summed E-state index contributed by atoms with van der Waals surface area (Å²) in [5.41, 5.74) is 4.67. The van der Waals surface area contributed by atoms with Crippen molar-refractivity contribution in [3.05, 3.63) is 101 Å². The maximum atomic E-state index is 14.3. The van der Waals surface area contributed by atoms with E-state index >= 15 is 0 Å². The van der Waals surface area contributed by atoms with E-state index in [-0.39, 0.29) is 16.5 Å². The van der Waals surface area contributed by atoms with E-state index in [4.69, 9.17) is 6.42 Å². The zero-order chi connectivity index (χ0) is 31.2. The third-order valence-electron chi connectivity index (χ3n) is 7.71. The first-order valence-electron chi connectivity index (χ1n) is 14.3. The number of rotatable bonds is 9. The van der Waals surface area contributed by atoms with Crippen LogP contribution in [0.4, 0.5) is 14.5 Å². The van der Waals surface area contributed by atoms with Crippen molar-refractivity contribution in [1.29, 1.82) is 0 Å². The molecule has 2 aromatic carbocycles. The number of terminal acetylenes is 1. The Morgan fingerprint density at radius 3 is 2.17 bits per heavy atom. The molecule has 0 amide bonds. The maximum absolute atomic E-state index is 14.3. The van der Waals surface area contributed by atoms with E-state index in [2.05, 4.69) is 73.1 Å². The molecule has 5 heteroatoms. The van der Waals surface area contributed by atoms with Crippen LogP contribution in [-0.4, -0.2) is 31.8 Å². The molecule has 1 aliphatic rings. The van der Waals surface area contributed by atoms with Crippen molar-refractivity contribution in [2.45, 2.75) is 66.7 Å². The molecule has 1 aliphatic heterocycles. The van der Waals surface area contributed by atoms with E-state index in [9.17, 15) is 8.78 Å². The topological polar surface area (TPSA) is 27.6 Å². The molecule has 1 saturated heterocycles. The number of likely N-dealkylation sites (tertiary alicyclic amines) is 1. The normalized spacial score (nSPS) is 15.1. The van der Waals surface area contributed by atoms with E-state index in [1.807, 2.05) is 39.0 Å². The molecule has 0 saturated carbocycles. The summed E-state index contributed by atoms with van der Waals surface area (Å²) in [6.07, 6.45) is 10.4. The Hall–Kier alpha value is -3.65. The van der Waals surface area contributed by atoms with E-state index in [1.165, 1.54) is 17.2 Å². The molecule has 0 spiro atoms. The predicted molar refractivity (Wildman–Crippen MR) is 175 cm³/mol. The van der Waals surface area contributed by atoms with E-state index < -0.39 is 5.92 Å². The van der Waals surface area contributed by atoms with Gasteiger partial charge in [0.15, 0.2) is 0 Å². The van der Waals surface area contributed by atoms with Crippen LogP contribution in [0.1, 0.15) is 71.1 Å². The average molecular weight is 562 g/mol. The van der Waals surface area contributed by atoms with Crippen LogP contribution in [0.3, 0.4) is 0 Å². The molecule has 1 fully saturated rings. The summed E-state index contributed by atoms with van der Waals surface area (Å²) in [7, 11) is 1.64. The third kappa shape index (κ3) is 9.74. The summed E-state index contributed by atoms with van der Waals surface area (Å²) in [4.78, 5) is 5.61. The van der Waals surface area contributed by atoms with Crippen LogP contribution in [-0.2, 0) is 12.3 Å². The first-order valence-corrected chi connectivity index (χ1v) is 14.3. The van der Waals surface area contributed by atoms with Crippen LogP contribution < -0.4 is 5.32 Å². The Morgan fingerprint density at radius 1 is 1.12 bits per heavy atom. The van der Waals surface area contributed by atoms with Crippen LogP contribution in [0.5, 0.6) is 0 Å². The largest absolute Gasteiger partial charge is 0.372 e. The highest BCUT2D eigenvalue weighted by molar-refractivity contribution is 5.57. The minimum Gasteiger partial charge on any atom is -0.372 e. The maximum Gasteiger partial charge on any atom is 0.271 e. The lowest BCUT2D eigenvalue weighted by Crippen LogP contribution is -2.42. The number of hydrogen-bond acceptors (Lipinski definition) is 3. The smallest absolute Gasteiger partial charge is 0.271 e. The zero-order valence-corrected chi connectivity index (χ0v) is 26.2. The quantitative estimate of drug-likeness (QED) is 0.188. The lowest BCUT2D eigenvalue weighted by molar-refractivity contribution is 0.0173. The number of hydrogen-bond donors (Lipinski definition) is 1. The Kier molecular flexibility index (Phi) is 14.3. The fourth-order valence-corrected chi connectivity index (χ4v) is 5.15. The van der Waals surface area contributed by atoms with Gasteiger partial charge in [0, 0.05) is 60.7 Å². The molecule has 0 aliphatic carbocycles. The van der Waals surface area contributed by atoms with Gasteiger partial charge in [-0.05, 0) is 75.1 Å². The van der Waals surface area contributed by atoms with E-state index in [0.717, 1.165) is 50.7 Å². The number of anilines is 1. The summed E-state index contributed by atoms with van der Waals surface area (Å²) < 4.78 is 28.5. The molecule has 3 nitrogen and oxygen atoms in total. The Bertz CT molecular complexity index is 1210. The fraction of sp³-hybridized carbons (Fsp3) is 0.417. The number of alkyl halides is 2. The second-order valence-electron chi connectivity index (χ2n) is 10.5. The van der Waals surface area contributed by atoms with Crippen molar-refractivity contribution in [1.82, 2.24) is 4.90 Å². The molecule has 2 aromatic rings. The van der Waals surface area contributed by atoms with Crippen molar-refractivity contribution < 1.29 is 8.78 Å². The zero-order valence-electron chi connectivity index (χ0n) is 26.2. The highest BCUT2D eigenvalue weighted by Crippen LogP contribution is 2.44. The number of benzene rings is 2. The van der Waals surface area contributed by atoms with Gasteiger partial charge < -0.3 is 15.2 Å². The molecular formula is C36H49F2N3. The number of aliphatic imine (C=N–C) groups is 1. The van der Waals surface area contributed by atoms with Crippen LogP contribution >= 0.6 is 0 Å². The number of allylic oxidation sites excluding steroid dienone is 3. The highest BCUT2D eigenvalue weighted by atomic mass is 19.3. The van der Waals surface area contributed by atoms with Gasteiger partial charge in [0.2, 0.25) is 0 Å². The van der Waals surface area contributed by atoms with Crippen molar-refractivity contribution in [2.24, 2.45) is 16.3 Å². The second kappa shape index (κ2) is 16.6. The molecule has 0 bridgehead atoms. The van der Waals surface area contributed by atoms with Gasteiger partial charge in [-0.1, -0.05) is 76.3 Å². The molecule has 0 aromatic heterocycles. The highest BCUT2D eigenvalue weighted by Gasteiger charge is 2.39. The molecule has 41 heavy (non-hydrogen) atoms. The van der Waals surface area contributed by atoms with Gasteiger partial charge in [0.05, 0.1) is 0 Å². The van der Waals surface area contributed by atoms with Gasteiger partial charge in [-0.2, -0.15) is 0 Å². The van der Waals surface area contributed by atoms with Gasteiger partial charge in [0.25, 0.3) is 5.92 Å². The summed E-state index contributed by atoms with van der Waals surface area (Å²) in [5.74, 6) is -0.291. The third-order valence-corrected chi connectivity index (χ3v) is 7.71. The minimum absolute atomic E-state index is 0.154. The molecule has 3 rings (SSSR count). The SMILES string of the molecule is C#Cc1ccc(NC(=C)C(C)(Cc2ccccc2)C2CCN(C(=C)/C(C)=C/C)CC2)cc1C(C)(F)F.C=NC.CC. The first kappa shape index (κ1) is 35.4. The van der Waals surface area contributed by atoms with E-state index in [1.54, 1.807) is 19.2 Å². The van der Waals surface area contributed by atoms with Gasteiger partial charge in [-0.25, -0.2) is 8.78 Å². The summed E-state index contributed by atoms with van der Waals surface area (Å²) in [5, 5.41) is 3.39. The second-order valence-corrected chi connectivity index (χ2v) is 10.5. The molecule has 1 heterocycles. The molecule has 1 unspecified atom stereocenters. The van der Waals surface area contributed by atoms with Crippen molar-refractivity contribution in [3.63, 3.8) is 0 Å². The van der Waals surface area contributed by atoms with Gasteiger partial charge in [0.1, 0.15) is 0 Å². The number of halogens is 2. The van der Waals surface area contributed by atoms with Gasteiger partial charge in [-0.3, -0.25) is 0 Å². The summed E-state index contributed by atoms with van der Waals surface area (Å²) >= 11 is 0. The van der Waals surface area contributed by atoms with Crippen LogP contribution in [0.15, 0.2) is 89.7 Å². The predicted octanol–water partition coefficient (Wildman–Crippen LogP) is 9.49. The summed E-state index contributed by atoms with van der Waals surface area (Å²) in [6.45, 7) is 24.9. The summed E-state index contributed by atoms with van der Waals surface area (Å²) in [6, 6.07) is 15.2. The van der Waals surface area contributed by atoms with Gasteiger partial charge in [-0.15, -0.1) is 6.42 Å². The standard InChI is InChI=1S/C32H38F2N2.C2H5N.C2H6/c1-8-23(3)24(4)36-19-17-28(18-20-36)31(6,22-26-13-11-10-12-14-26)25(5)35-29-16-15-27(9-2)30(21-29)32(7,33)34;1-3-2;1-2/h2,8,10-16,21,28,35H,4-5,17-20,22H2,1,3,6-7H3;1H2,2H3;1-2H3/b23-8+;;. The number of nitrogens with one attached hydrogen (secondary N) is 1. The number of nitrogens with zero attached hydrogens (tertiary/aromatic N) is 2. The lowest BCUT2D eigenvalue weighted by atomic mass is 9.67. The monoisotopic (exact) mass is 561 g/mol. The fourth-order valence-electron chi connectivity index (χ4n) is 5.15. The van der Waals surface area contributed by atoms with Crippen LogP contribution in [0, 0.1) is 23.7 Å².